The zero-order valence-corrected chi connectivity index (χ0v) is 11.1. The summed E-state index contributed by atoms with van der Waals surface area (Å²) in [7, 11) is 1.80. The number of hydrogen-bond acceptors (Lipinski definition) is 3. The fourth-order valence-corrected chi connectivity index (χ4v) is 2.86. The van der Waals surface area contributed by atoms with Crippen LogP contribution in [0.3, 0.4) is 0 Å². The van der Waals surface area contributed by atoms with Gasteiger partial charge in [0.05, 0.1) is 6.61 Å². The van der Waals surface area contributed by atoms with E-state index in [2.05, 4.69) is 18.7 Å². The van der Waals surface area contributed by atoms with Crippen molar-refractivity contribution < 1.29 is 4.74 Å². The Labute approximate surface area is 100 Å². The predicted molar refractivity (Wildman–Crippen MR) is 68.5 cm³/mol. The molecule has 0 aliphatic carbocycles. The standard InChI is InChI=1S/C13H28N2O/c1-11-6-8-15(12(2)9-11)13(10-16-3)5-4-7-14/h11-13H,4-10,14H2,1-3H3. The van der Waals surface area contributed by atoms with Crippen LogP contribution in [0.4, 0.5) is 0 Å². The first-order chi connectivity index (χ1) is 7.69. The third-order valence-corrected chi connectivity index (χ3v) is 3.76. The molecule has 1 fully saturated rings. The minimum Gasteiger partial charge on any atom is -0.383 e. The second-order valence-corrected chi connectivity index (χ2v) is 5.26. The second kappa shape index (κ2) is 7.25. The van der Waals surface area contributed by atoms with E-state index < -0.39 is 0 Å². The van der Waals surface area contributed by atoms with Gasteiger partial charge in [-0.3, -0.25) is 4.90 Å². The van der Waals surface area contributed by atoms with Gasteiger partial charge in [0.1, 0.15) is 0 Å². The van der Waals surface area contributed by atoms with Crippen molar-refractivity contribution in [3.8, 4) is 0 Å². The molecule has 3 atom stereocenters. The molecule has 0 bridgehead atoms. The van der Waals surface area contributed by atoms with Crippen molar-refractivity contribution in [2.45, 2.75) is 51.6 Å². The number of hydrogen-bond donors (Lipinski definition) is 1. The average Bonchev–Trinajstić information content (AvgIpc) is 2.25. The van der Waals surface area contributed by atoms with E-state index in [1.54, 1.807) is 7.11 Å². The Bertz CT molecular complexity index is 187. The summed E-state index contributed by atoms with van der Waals surface area (Å²) in [6.45, 7) is 7.57. The molecule has 0 aromatic heterocycles. The molecule has 3 unspecified atom stereocenters. The van der Waals surface area contributed by atoms with Gasteiger partial charge in [0.25, 0.3) is 0 Å². The highest BCUT2D eigenvalue weighted by Gasteiger charge is 2.28. The molecule has 1 heterocycles. The van der Waals surface area contributed by atoms with Crippen molar-refractivity contribution in [1.82, 2.24) is 4.90 Å². The lowest BCUT2D eigenvalue weighted by molar-refractivity contribution is 0.0294. The van der Waals surface area contributed by atoms with Crippen LogP contribution in [0.15, 0.2) is 0 Å². The maximum absolute atomic E-state index is 5.60. The van der Waals surface area contributed by atoms with Crippen molar-refractivity contribution in [3.63, 3.8) is 0 Å². The fourth-order valence-electron chi connectivity index (χ4n) is 2.86. The molecule has 96 valence electrons. The Morgan fingerprint density at radius 2 is 2.19 bits per heavy atom. The number of piperidine rings is 1. The predicted octanol–water partition coefficient (Wildman–Crippen LogP) is 1.86. The highest BCUT2D eigenvalue weighted by molar-refractivity contribution is 4.82. The van der Waals surface area contributed by atoms with E-state index in [4.69, 9.17) is 10.5 Å². The summed E-state index contributed by atoms with van der Waals surface area (Å²) < 4.78 is 5.35. The smallest absolute Gasteiger partial charge is 0.0618 e. The Morgan fingerprint density at radius 3 is 2.75 bits per heavy atom. The first-order valence-electron chi connectivity index (χ1n) is 6.63. The lowest BCUT2D eigenvalue weighted by atomic mass is 9.91. The molecular formula is C13H28N2O. The molecule has 0 spiro atoms. The van der Waals surface area contributed by atoms with Crippen molar-refractivity contribution in [2.24, 2.45) is 11.7 Å². The van der Waals surface area contributed by atoms with Crippen LogP contribution in [0.25, 0.3) is 0 Å². The Balaban J connectivity index is 2.48. The van der Waals surface area contributed by atoms with E-state index in [9.17, 15) is 0 Å². The number of nitrogens with two attached hydrogens (primary N) is 1. The van der Waals surface area contributed by atoms with Crippen LogP contribution in [0.2, 0.25) is 0 Å². The molecule has 1 rings (SSSR count). The highest BCUT2D eigenvalue weighted by atomic mass is 16.5. The minimum absolute atomic E-state index is 0.566. The summed E-state index contributed by atoms with van der Waals surface area (Å²) in [5.74, 6) is 0.879. The number of methoxy groups -OCH3 is 1. The van der Waals surface area contributed by atoms with Gasteiger partial charge < -0.3 is 10.5 Å². The molecule has 1 aliphatic heterocycles. The van der Waals surface area contributed by atoms with Gasteiger partial charge in [0.2, 0.25) is 0 Å². The van der Waals surface area contributed by atoms with Crippen LogP contribution in [0, 0.1) is 5.92 Å². The molecule has 0 radical (unpaired) electrons. The lowest BCUT2D eigenvalue weighted by Crippen LogP contribution is -2.48. The topological polar surface area (TPSA) is 38.5 Å². The largest absolute Gasteiger partial charge is 0.383 e. The van der Waals surface area contributed by atoms with Gasteiger partial charge in [-0.25, -0.2) is 0 Å². The van der Waals surface area contributed by atoms with E-state index in [1.807, 2.05) is 0 Å². The summed E-state index contributed by atoms with van der Waals surface area (Å²) in [6.07, 6.45) is 4.92. The van der Waals surface area contributed by atoms with E-state index in [0.717, 1.165) is 25.5 Å². The van der Waals surface area contributed by atoms with Crippen LogP contribution in [-0.2, 0) is 4.74 Å². The summed E-state index contributed by atoms with van der Waals surface area (Å²) in [6, 6.07) is 1.26. The first kappa shape index (κ1) is 13.9. The Hall–Kier alpha value is -0.120. The fraction of sp³-hybridized carbons (Fsp3) is 1.00. The SMILES string of the molecule is COCC(CCCN)N1CCC(C)CC1C. The maximum Gasteiger partial charge on any atom is 0.0618 e. The molecular weight excluding hydrogens is 200 g/mol. The monoisotopic (exact) mass is 228 g/mol. The van der Waals surface area contributed by atoms with E-state index >= 15 is 0 Å². The first-order valence-corrected chi connectivity index (χ1v) is 6.63. The van der Waals surface area contributed by atoms with Crippen molar-refractivity contribution in [1.29, 1.82) is 0 Å². The second-order valence-electron chi connectivity index (χ2n) is 5.26. The van der Waals surface area contributed by atoms with Gasteiger partial charge in [-0.1, -0.05) is 6.92 Å². The van der Waals surface area contributed by atoms with Gasteiger partial charge in [-0.05, 0) is 51.6 Å². The van der Waals surface area contributed by atoms with Gasteiger partial charge in [0, 0.05) is 19.2 Å². The van der Waals surface area contributed by atoms with E-state index in [1.165, 1.54) is 25.8 Å². The molecule has 0 amide bonds. The number of likely N-dealkylation sites (tertiary alicyclic amines) is 1. The van der Waals surface area contributed by atoms with Crippen LogP contribution >= 0.6 is 0 Å². The lowest BCUT2D eigenvalue weighted by Gasteiger charge is -2.41. The van der Waals surface area contributed by atoms with Crippen molar-refractivity contribution in [2.75, 3.05) is 26.8 Å². The summed E-state index contributed by atoms with van der Waals surface area (Å²) in [5, 5.41) is 0. The molecule has 3 heteroatoms. The molecule has 3 nitrogen and oxygen atoms in total. The highest BCUT2D eigenvalue weighted by Crippen LogP contribution is 2.25. The van der Waals surface area contributed by atoms with Crippen LogP contribution in [0.5, 0.6) is 0 Å². The van der Waals surface area contributed by atoms with E-state index in [-0.39, 0.29) is 0 Å². The number of nitrogens with zero attached hydrogens (tertiary/aromatic N) is 1. The zero-order valence-electron chi connectivity index (χ0n) is 11.1. The molecule has 2 N–H and O–H groups in total. The quantitative estimate of drug-likeness (QED) is 0.754. The third-order valence-electron chi connectivity index (χ3n) is 3.76. The molecule has 1 saturated heterocycles. The van der Waals surface area contributed by atoms with Gasteiger partial charge in [0.15, 0.2) is 0 Å². The number of rotatable bonds is 6. The molecule has 1 aliphatic rings. The van der Waals surface area contributed by atoms with Gasteiger partial charge in [-0.15, -0.1) is 0 Å². The van der Waals surface area contributed by atoms with Crippen LogP contribution in [-0.4, -0.2) is 43.8 Å². The average molecular weight is 228 g/mol. The van der Waals surface area contributed by atoms with E-state index in [0.29, 0.717) is 12.1 Å². The number of ether oxygens (including phenoxy) is 1. The zero-order chi connectivity index (χ0) is 12.0. The minimum atomic E-state index is 0.566. The Morgan fingerprint density at radius 1 is 1.44 bits per heavy atom. The summed E-state index contributed by atoms with van der Waals surface area (Å²) in [5.41, 5.74) is 5.60. The maximum atomic E-state index is 5.60. The normalized spacial score (nSPS) is 29.2. The molecule has 16 heavy (non-hydrogen) atoms. The van der Waals surface area contributed by atoms with Crippen LogP contribution < -0.4 is 5.73 Å². The van der Waals surface area contributed by atoms with Gasteiger partial charge in [-0.2, -0.15) is 0 Å². The van der Waals surface area contributed by atoms with Crippen LogP contribution in [0.1, 0.15) is 39.5 Å². The third kappa shape index (κ3) is 4.04. The van der Waals surface area contributed by atoms with Crippen molar-refractivity contribution >= 4 is 0 Å². The molecule has 0 aromatic rings. The summed E-state index contributed by atoms with van der Waals surface area (Å²) >= 11 is 0. The molecule has 0 saturated carbocycles. The molecule has 0 aromatic carbocycles. The van der Waals surface area contributed by atoms with Crippen molar-refractivity contribution in [3.05, 3.63) is 0 Å². The Kier molecular flexibility index (Phi) is 6.32. The summed E-state index contributed by atoms with van der Waals surface area (Å²) in [4.78, 5) is 2.62. The van der Waals surface area contributed by atoms with Gasteiger partial charge >= 0.3 is 0 Å².